The minimum Gasteiger partial charge on any atom is -0.505 e. The van der Waals surface area contributed by atoms with Crippen LogP contribution in [0.3, 0.4) is 0 Å². The molecule has 23 heavy (non-hydrogen) atoms. The number of nitrogens with zero attached hydrogens (tertiary/aromatic N) is 2. The Balaban J connectivity index is 1.86. The minimum atomic E-state index is -0.00775. The van der Waals surface area contributed by atoms with Gasteiger partial charge in [0.1, 0.15) is 5.75 Å². The highest BCUT2D eigenvalue weighted by atomic mass is 16.3. The van der Waals surface area contributed by atoms with Gasteiger partial charge in [0.05, 0.1) is 0 Å². The maximum atomic E-state index is 11.1. The zero-order valence-corrected chi connectivity index (χ0v) is 13.2. The lowest BCUT2D eigenvalue weighted by molar-refractivity contribution is 0.244. The molecular formula is C19H22N2O2. The van der Waals surface area contributed by atoms with Crippen molar-refractivity contribution < 1.29 is 5.11 Å². The molecule has 120 valence electrons. The molecule has 0 radical (unpaired) electrons. The van der Waals surface area contributed by atoms with Gasteiger partial charge in [-0.3, -0.25) is 0 Å². The Morgan fingerprint density at radius 3 is 2.61 bits per heavy atom. The Hall–Kier alpha value is -2.10. The topological polar surface area (TPSA) is 52.9 Å². The van der Waals surface area contributed by atoms with Crippen LogP contribution in [0, 0.1) is 10.8 Å². The molecule has 1 N–H and O–H groups in total. The molecule has 2 fully saturated rings. The van der Waals surface area contributed by atoms with E-state index in [-0.39, 0.29) is 11.4 Å². The van der Waals surface area contributed by atoms with E-state index < -0.39 is 0 Å². The van der Waals surface area contributed by atoms with Gasteiger partial charge < -0.3 is 10.0 Å². The van der Waals surface area contributed by atoms with E-state index in [2.05, 4.69) is 10.1 Å². The van der Waals surface area contributed by atoms with Crippen molar-refractivity contribution in [3.05, 3.63) is 35.2 Å². The van der Waals surface area contributed by atoms with Crippen LogP contribution in [0.15, 0.2) is 35.5 Å². The SMILES string of the molecule is O=Nc1c(O)cc(N2CCCC3CCCCC32)c2ccccc12. The second-order valence-corrected chi connectivity index (χ2v) is 6.85. The molecular weight excluding hydrogens is 288 g/mol. The molecule has 1 heterocycles. The predicted molar refractivity (Wildman–Crippen MR) is 93.4 cm³/mol. The first-order valence-corrected chi connectivity index (χ1v) is 8.64. The molecule has 4 nitrogen and oxygen atoms in total. The summed E-state index contributed by atoms with van der Waals surface area (Å²) in [6, 6.07) is 10.1. The quantitative estimate of drug-likeness (QED) is 0.785. The normalized spacial score (nSPS) is 24.4. The van der Waals surface area contributed by atoms with E-state index in [0.29, 0.717) is 6.04 Å². The molecule has 0 aromatic heterocycles. The average molecular weight is 310 g/mol. The van der Waals surface area contributed by atoms with Gasteiger partial charge in [-0.25, -0.2) is 0 Å². The maximum absolute atomic E-state index is 11.1. The van der Waals surface area contributed by atoms with Crippen LogP contribution in [0.4, 0.5) is 11.4 Å². The summed E-state index contributed by atoms with van der Waals surface area (Å²) in [7, 11) is 0. The molecule has 2 aliphatic rings. The Labute approximate surface area is 136 Å². The van der Waals surface area contributed by atoms with Crippen LogP contribution in [0.2, 0.25) is 0 Å². The lowest BCUT2D eigenvalue weighted by Gasteiger charge is -2.46. The number of phenols is 1. The molecule has 2 aromatic rings. The van der Waals surface area contributed by atoms with Crippen LogP contribution < -0.4 is 4.90 Å². The van der Waals surface area contributed by atoms with Gasteiger partial charge in [-0.05, 0) is 36.8 Å². The molecule has 2 aromatic carbocycles. The highest BCUT2D eigenvalue weighted by molar-refractivity contribution is 6.03. The summed E-state index contributed by atoms with van der Waals surface area (Å²) in [5, 5.41) is 15.1. The van der Waals surface area contributed by atoms with Crippen molar-refractivity contribution >= 4 is 22.1 Å². The number of aromatic hydroxyl groups is 1. The molecule has 4 heteroatoms. The number of benzene rings is 2. The second kappa shape index (κ2) is 5.84. The molecule has 2 unspecified atom stereocenters. The Kier molecular flexibility index (Phi) is 3.68. The standard InChI is InChI=1S/C19H22N2O2/c22-18-12-17(14-8-2-3-9-15(14)19(18)20-23)21-11-5-7-13-6-1-4-10-16(13)21/h2-3,8-9,12-13,16,22H,1,4-7,10-11H2. The first kappa shape index (κ1) is 14.5. The van der Waals surface area contributed by atoms with Gasteiger partial charge >= 0.3 is 0 Å². The lowest BCUT2D eigenvalue weighted by Crippen LogP contribution is -2.47. The van der Waals surface area contributed by atoms with Crippen LogP contribution in [-0.4, -0.2) is 17.7 Å². The van der Waals surface area contributed by atoms with Gasteiger partial charge in [0.2, 0.25) is 0 Å². The van der Waals surface area contributed by atoms with E-state index in [4.69, 9.17) is 0 Å². The summed E-state index contributed by atoms with van der Waals surface area (Å²) in [4.78, 5) is 13.6. The van der Waals surface area contributed by atoms with Crippen molar-refractivity contribution in [1.82, 2.24) is 0 Å². The average Bonchev–Trinajstić information content (AvgIpc) is 2.61. The summed E-state index contributed by atoms with van der Waals surface area (Å²) in [5.74, 6) is 0.758. The number of nitroso groups, excluding NO2 is 1. The van der Waals surface area contributed by atoms with E-state index in [1.165, 1.54) is 38.5 Å². The Morgan fingerprint density at radius 2 is 1.78 bits per heavy atom. The summed E-state index contributed by atoms with van der Waals surface area (Å²) in [5.41, 5.74) is 1.21. The van der Waals surface area contributed by atoms with Gasteiger partial charge in [0.25, 0.3) is 0 Å². The van der Waals surface area contributed by atoms with Gasteiger partial charge in [-0.1, -0.05) is 37.1 Å². The Morgan fingerprint density at radius 1 is 1.04 bits per heavy atom. The van der Waals surface area contributed by atoms with Crippen LogP contribution >= 0.6 is 0 Å². The maximum Gasteiger partial charge on any atom is 0.157 e. The van der Waals surface area contributed by atoms with Crippen molar-refractivity contribution in [2.24, 2.45) is 11.1 Å². The van der Waals surface area contributed by atoms with Crippen molar-refractivity contribution in [1.29, 1.82) is 0 Å². The molecule has 4 rings (SSSR count). The van der Waals surface area contributed by atoms with Crippen molar-refractivity contribution in [2.45, 2.75) is 44.6 Å². The number of piperidine rings is 1. The monoisotopic (exact) mass is 310 g/mol. The van der Waals surface area contributed by atoms with Gasteiger partial charge in [-0.15, -0.1) is 4.91 Å². The molecule has 0 bridgehead atoms. The largest absolute Gasteiger partial charge is 0.505 e. The smallest absolute Gasteiger partial charge is 0.157 e. The van der Waals surface area contributed by atoms with Gasteiger partial charge in [-0.2, -0.15) is 0 Å². The first-order chi connectivity index (χ1) is 11.3. The fourth-order valence-electron chi connectivity index (χ4n) is 4.58. The van der Waals surface area contributed by atoms with Gasteiger partial charge in [0, 0.05) is 35.1 Å². The predicted octanol–water partition coefficient (Wildman–Crippen LogP) is 5.10. The third-order valence-corrected chi connectivity index (χ3v) is 5.62. The summed E-state index contributed by atoms with van der Waals surface area (Å²) < 4.78 is 0. The van der Waals surface area contributed by atoms with Crippen LogP contribution in [0.5, 0.6) is 5.75 Å². The third kappa shape index (κ3) is 2.37. The molecule has 1 aliphatic heterocycles. The van der Waals surface area contributed by atoms with Crippen molar-refractivity contribution in [3.8, 4) is 5.75 Å². The minimum absolute atomic E-state index is 0.00775. The summed E-state index contributed by atoms with van der Waals surface area (Å²) in [6.07, 6.45) is 7.69. The summed E-state index contributed by atoms with van der Waals surface area (Å²) in [6.45, 7) is 1.03. The molecule has 1 saturated heterocycles. The molecule has 0 amide bonds. The third-order valence-electron chi connectivity index (χ3n) is 5.62. The van der Waals surface area contributed by atoms with E-state index in [1.807, 2.05) is 24.3 Å². The van der Waals surface area contributed by atoms with Crippen LogP contribution in [-0.2, 0) is 0 Å². The van der Waals surface area contributed by atoms with E-state index in [0.717, 1.165) is 28.9 Å². The molecule has 1 saturated carbocycles. The van der Waals surface area contributed by atoms with Crippen LogP contribution in [0.1, 0.15) is 38.5 Å². The number of phenolic OH excluding ortho intramolecular Hbond substituents is 1. The van der Waals surface area contributed by atoms with E-state index in [9.17, 15) is 10.0 Å². The number of fused-ring (bicyclic) bond motifs is 2. The fraction of sp³-hybridized carbons (Fsp3) is 0.474. The zero-order valence-electron chi connectivity index (χ0n) is 13.2. The van der Waals surface area contributed by atoms with Crippen molar-refractivity contribution in [2.75, 3.05) is 11.4 Å². The second-order valence-electron chi connectivity index (χ2n) is 6.85. The van der Waals surface area contributed by atoms with E-state index >= 15 is 0 Å². The summed E-state index contributed by atoms with van der Waals surface area (Å²) >= 11 is 0. The first-order valence-electron chi connectivity index (χ1n) is 8.64. The van der Waals surface area contributed by atoms with E-state index in [1.54, 1.807) is 6.07 Å². The number of hydrogen-bond acceptors (Lipinski definition) is 4. The number of anilines is 1. The number of rotatable bonds is 2. The van der Waals surface area contributed by atoms with Gasteiger partial charge in [0.15, 0.2) is 5.69 Å². The molecule has 2 atom stereocenters. The Bertz CT molecular complexity index is 741. The molecule has 0 spiro atoms. The lowest BCUT2D eigenvalue weighted by atomic mass is 9.78. The molecule has 1 aliphatic carbocycles. The number of hydrogen-bond donors (Lipinski definition) is 1. The fourth-order valence-corrected chi connectivity index (χ4v) is 4.58. The van der Waals surface area contributed by atoms with Crippen molar-refractivity contribution in [3.63, 3.8) is 0 Å². The highest BCUT2D eigenvalue weighted by Crippen LogP contribution is 2.45. The van der Waals surface area contributed by atoms with Crippen LogP contribution in [0.25, 0.3) is 10.8 Å². The highest BCUT2D eigenvalue weighted by Gasteiger charge is 2.34. The zero-order chi connectivity index (χ0) is 15.8.